The number of hydrogen-bond acceptors (Lipinski definition) is 4. The highest BCUT2D eigenvalue weighted by atomic mass is 35.7. The van der Waals surface area contributed by atoms with E-state index in [4.69, 9.17) is 10.7 Å². The molecule has 31 heavy (non-hydrogen) atoms. The highest BCUT2D eigenvalue weighted by molar-refractivity contribution is 8.13. The topological polar surface area (TPSA) is 83.6 Å². The van der Waals surface area contributed by atoms with Crippen molar-refractivity contribution in [1.82, 2.24) is 10.2 Å². The lowest BCUT2D eigenvalue weighted by Crippen LogP contribution is -2.66. The number of piperazine rings is 1. The van der Waals surface area contributed by atoms with Crippen LogP contribution in [0.25, 0.3) is 0 Å². The van der Waals surface area contributed by atoms with Crippen molar-refractivity contribution in [2.75, 3.05) is 0 Å². The van der Waals surface area contributed by atoms with Crippen LogP contribution in [0.3, 0.4) is 0 Å². The quantitative estimate of drug-likeness (QED) is 0.695. The minimum Gasteiger partial charge on any atom is -0.342 e. The van der Waals surface area contributed by atoms with Crippen molar-refractivity contribution in [3.63, 3.8) is 0 Å². The van der Waals surface area contributed by atoms with Crippen molar-refractivity contribution >= 4 is 31.5 Å². The summed E-state index contributed by atoms with van der Waals surface area (Å²) in [6, 6.07) is 13.1. The summed E-state index contributed by atoms with van der Waals surface area (Å²) in [5.41, 5.74) is 2.80. The van der Waals surface area contributed by atoms with Crippen LogP contribution in [-0.2, 0) is 38.0 Å². The van der Waals surface area contributed by atoms with Crippen LogP contribution in [0.1, 0.15) is 30.5 Å². The highest BCUT2D eigenvalue weighted by Crippen LogP contribution is 2.33. The van der Waals surface area contributed by atoms with Crippen LogP contribution in [-0.4, -0.2) is 37.2 Å². The van der Waals surface area contributed by atoms with Crippen LogP contribution in [0.2, 0.25) is 0 Å². The van der Waals surface area contributed by atoms with Crippen molar-refractivity contribution in [1.29, 1.82) is 0 Å². The van der Waals surface area contributed by atoms with Gasteiger partial charge in [0.2, 0.25) is 11.8 Å². The Morgan fingerprint density at radius 1 is 1.03 bits per heavy atom. The van der Waals surface area contributed by atoms with Crippen LogP contribution < -0.4 is 5.32 Å². The number of halogens is 1. The van der Waals surface area contributed by atoms with E-state index in [1.54, 1.807) is 18.2 Å². The monoisotopic (exact) mass is 460 g/mol. The van der Waals surface area contributed by atoms with E-state index in [1.807, 2.05) is 26.0 Å². The number of benzene rings is 2. The average Bonchev–Trinajstić information content (AvgIpc) is 3.13. The maximum absolute atomic E-state index is 13.6. The smallest absolute Gasteiger partial charge is 0.261 e. The molecule has 2 atom stereocenters. The van der Waals surface area contributed by atoms with E-state index in [2.05, 4.69) is 17.4 Å². The lowest BCUT2D eigenvalue weighted by Gasteiger charge is -2.42. The first kappa shape index (κ1) is 21.8. The summed E-state index contributed by atoms with van der Waals surface area (Å²) in [6.07, 6.45) is 1.44. The summed E-state index contributed by atoms with van der Waals surface area (Å²) in [6.45, 7) is 3.76. The second kappa shape index (κ2) is 8.28. The predicted octanol–water partition coefficient (Wildman–Crippen LogP) is 2.88. The van der Waals surface area contributed by atoms with Gasteiger partial charge >= 0.3 is 0 Å². The molecule has 0 aromatic heterocycles. The molecule has 0 unspecified atom stereocenters. The van der Waals surface area contributed by atoms with E-state index >= 15 is 0 Å². The van der Waals surface area contributed by atoms with E-state index in [0.29, 0.717) is 5.56 Å². The minimum atomic E-state index is -3.98. The first-order valence-electron chi connectivity index (χ1n) is 10.4. The largest absolute Gasteiger partial charge is 0.342 e. The molecule has 1 saturated heterocycles. The molecule has 0 radical (unpaired) electrons. The van der Waals surface area contributed by atoms with Gasteiger partial charge in [0, 0.05) is 17.2 Å². The van der Waals surface area contributed by atoms with Crippen LogP contribution in [0.4, 0.5) is 0 Å². The summed E-state index contributed by atoms with van der Waals surface area (Å²) in [5, 5.41) is 2.96. The molecule has 2 aromatic carbocycles. The summed E-state index contributed by atoms with van der Waals surface area (Å²) >= 11 is 0. The first-order chi connectivity index (χ1) is 14.7. The molecule has 6 nitrogen and oxygen atoms in total. The molecule has 1 N–H and O–H groups in total. The Kier molecular flexibility index (Phi) is 5.83. The Morgan fingerprint density at radius 2 is 1.61 bits per heavy atom. The number of fused-ring (bicyclic) bond motifs is 1. The van der Waals surface area contributed by atoms with Crippen molar-refractivity contribution < 1.29 is 18.0 Å². The number of nitrogens with zero attached hydrogens (tertiary/aromatic N) is 1. The zero-order chi connectivity index (χ0) is 22.3. The van der Waals surface area contributed by atoms with Gasteiger partial charge in [-0.1, -0.05) is 56.3 Å². The molecule has 1 aliphatic carbocycles. The van der Waals surface area contributed by atoms with Gasteiger partial charge in [-0.25, -0.2) is 8.42 Å². The van der Waals surface area contributed by atoms with Crippen LogP contribution in [0.5, 0.6) is 0 Å². The van der Waals surface area contributed by atoms with Gasteiger partial charge in [-0.15, -0.1) is 0 Å². The highest BCUT2D eigenvalue weighted by Gasteiger charge is 2.46. The van der Waals surface area contributed by atoms with Crippen molar-refractivity contribution in [3.05, 3.63) is 65.2 Å². The van der Waals surface area contributed by atoms with Crippen LogP contribution >= 0.6 is 10.7 Å². The summed E-state index contributed by atoms with van der Waals surface area (Å²) in [4.78, 5) is 28.2. The van der Waals surface area contributed by atoms with Crippen molar-refractivity contribution in [2.24, 2.45) is 11.8 Å². The van der Waals surface area contributed by atoms with Gasteiger partial charge in [-0.05, 0) is 47.4 Å². The molecule has 0 bridgehead atoms. The fourth-order valence-electron chi connectivity index (χ4n) is 4.80. The van der Waals surface area contributed by atoms with Crippen molar-refractivity contribution in [3.8, 4) is 0 Å². The number of rotatable bonds is 5. The second-order valence-electron chi connectivity index (χ2n) is 8.62. The van der Waals surface area contributed by atoms with E-state index < -0.39 is 21.1 Å². The van der Waals surface area contributed by atoms with Crippen molar-refractivity contribution in [2.45, 2.75) is 50.2 Å². The van der Waals surface area contributed by atoms with Gasteiger partial charge in [0.05, 0.1) is 4.90 Å². The van der Waals surface area contributed by atoms with Crippen LogP contribution in [0, 0.1) is 11.8 Å². The third-order valence-corrected chi connectivity index (χ3v) is 7.64. The fraction of sp³-hybridized carbons (Fsp3) is 0.391. The molecule has 2 aromatic rings. The van der Waals surface area contributed by atoms with E-state index in [9.17, 15) is 18.0 Å². The number of nitrogens with one attached hydrogen (secondary N) is 1. The molecule has 0 saturated carbocycles. The molecular weight excluding hydrogens is 436 g/mol. The minimum absolute atomic E-state index is 0.00733. The zero-order valence-electron chi connectivity index (χ0n) is 17.4. The standard InChI is InChI=1S/C23H25ClN2O4S/c1-14(2)21-22(27)25-20(18-11-15-7-3-4-8-16(15)12-18)23(28)26(21)13-17-9-5-6-10-19(17)31(24,29)30/h3-10,14,18,20-21H,11-13H2,1-2H3,(H,25,27)/t20-,21-/m1/s1. The summed E-state index contributed by atoms with van der Waals surface area (Å²) < 4.78 is 24.1. The Morgan fingerprint density at radius 3 is 2.19 bits per heavy atom. The number of carbonyl (C=O) groups excluding carboxylic acids is 2. The lowest BCUT2D eigenvalue weighted by atomic mass is 9.89. The Labute approximate surface area is 187 Å². The second-order valence-corrected chi connectivity index (χ2v) is 11.2. The normalized spacial score (nSPS) is 22.0. The summed E-state index contributed by atoms with van der Waals surface area (Å²) in [5.74, 6) is -0.554. The molecule has 1 heterocycles. The van der Waals surface area contributed by atoms with Gasteiger partial charge in [0.15, 0.2) is 0 Å². The van der Waals surface area contributed by atoms with E-state index in [1.165, 1.54) is 22.1 Å². The van der Waals surface area contributed by atoms with Gasteiger partial charge < -0.3 is 10.2 Å². The van der Waals surface area contributed by atoms with Crippen LogP contribution in [0.15, 0.2) is 53.4 Å². The Bertz CT molecular complexity index is 1110. The maximum atomic E-state index is 13.6. The predicted molar refractivity (Wildman–Crippen MR) is 118 cm³/mol. The number of carbonyl (C=O) groups is 2. The third-order valence-electron chi connectivity index (χ3n) is 6.21. The lowest BCUT2D eigenvalue weighted by molar-refractivity contribution is -0.153. The Hall–Kier alpha value is -2.38. The molecule has 0 spiro atoms. The van der Waals surface area contributed by atoms with Gasteiger partial charge in [0.1, 0.15) is 12.1 Å². The van der Waals surface area contributed by atoms with E-state index in [0.717, 1.165) is 12.8 Å². The van der Waals surface area contributed by atoms with Gasteiger partial charge in [-0.2, -0.15) is 0 Å². The first-order valence-corrected chi connectivity index (χ1v) is 12.7. The molecule has 8 heteroatoms. The molecule has 4 rings (SSSR count). The molecule has 1 aliphatic heterocycles. The Balaban J connectivity index is 1.66. The SMILES string of the molecule is CC(C)[C@@H]1C(=O)N[C@H](C2Cc3ccccc3C2)C(=O)N1Cc1ccccc1S(=O)(=O)Cl. The van der Waals surface area contributed by atoms with Gasteiger partial charge in [0.25, 0.3) is 9.05 Å². The molecule has 2 aliphatic rings. The number of hydrogen-bond donors (Lipinski definition) is 1. The molecular formula is C23H25ClN2O4S. The molecule has 164 valence electrons. The molecule has 1 fully saturated rings. The fourth-order valence-corrected chi connectivity index (χ4v) is 5.94. The third kappa shape index (κ3) is 4.21. The molecule has 2 amide bonds. The average molecular weight is 461 g/mol. The number of amides is 2. The van der Waals surface area contributed by atoms with E-state index in [-0.39, 0.29) is 35.1 Å². The zero-order valence-corrected chi connectivity index (χ0v) is 19.0. The van der Waals surface area contributed by atoms with Gasteiger partial charge in [-0.3, -0.25) is 9.59 Å². The summed E-state index contributed by atoms with van der Waals surface area (Å²) in [7, 11) is 1.63. The maximum Gasteiger partial charge on any atom is 0.261 e.